The van der Waals surface area contributed by atoms with Crippen molar-refractivity contribution in [3.05, 3.63) is 60.2 Å². The van der Waals surface area contributed by atoms with E-state index >= 15 is 0 Å². The first kappa shape index (κ1) is 35.4. The van der Waals surface area contributed by atoms with Gasteiger partial charge in [-0.15, -0.1) is 0 Å². The molecule has 0 aliphatic carbocycles. The van der Waals surface area contributed by atoms with Gasteiger partial charge in [0.2, 0.25) is 10.0 Å². The Bertz CT molecular complexity index is 1430. The third-order valence-electron chi connectivity index (χ3n) is 8.51. The Morgan fingerprint density at radius 2 is 1.89 bits per heavy atom. The molecule has 0 radical (unpaired) electrons. The number of carbonyl (C=O) groups is 2. The molecule has 14 heteroatoms. The number of benzene rings is 2. The molecule has 2 saturated heterocycles. The molecule has 0 bridgehead atoms. The third kappa shape index (κ3) is 8.88. The van der Waals surface area contributed by atoms with Crippen LogP contribution in [-0.4, -0.2) is 104 Å². The first-order chi connectivity index (χ1) is 21.8. The Morgan fingerprint density at radius 1 is 1.15 bits per heavy atom. The average molecular weight is 663 g/mol. The number of nitrogen functional groups attached to an aromatic ring is 1. The quantitative estimate of drug-likeness (QED) is 0.207. The lowest BCUT2D eigenvalue weighted by Crippen LogP contribution is -2.58. The maximum Gasteiger partial charge on any atom is 0.407 e. The predicted molar refractivity (Wildman–Crippen MR) is 170 cm³/mol. The number of anilines is 1. The molecule has 2 aliphatic heterocycles. The van der Waals surface area contributed by atoms with Gasteiger partial charge in [0.15, 0.2) is 6.29 Å². The van der Waals surface area contributed by atoms with Gasteiger partial charge >= 0.3 is 12.2 Å². The minimum atomic E-state index is -4.22. The van der Waals surface area contributed by atoms with Gasteiger partial charge in [-0.3, -0.25) is 4.90 Å². The summed E-state index contributed by atoms with van der Waals surface area (Å²) < 4.78 is 45.8. The number of amides is 2. The molecule has 0 aromatic heterocycles. The van der Waals surface area contributed by atoms with E-state index in [0.29, 0.717) is 19.4 Å². The van der Waals surface area contributed by atoms with Gasteiger partial charge in [-0.1, -0.05) is 50.2 Å². The summed E-state index contributed by atoms with van der Waals surface area (Å²) in [6.07, 6.45) is -2.62. The summed E-state index contributed by atoms with van der Waals surface area (Å²) in [5.41, 5.74) is 6.31. The maximum absolute atomic E-state index is 14.2. The number of hydrogen-bond donors (Lipinski definition) is 4. The minimum absolute atomic E-state index is 0.0398. The number of nitrogens with zero attached hydrogens (tertiary/aromatic N) is 2. The molecule has 4 rings (SSSR count). The number of alkyl carbamates (subject to hydrolysis) is 1. The topological polar surface area (TPSA) is 181 Å². The van der Waals surface area contributed by atoms with Crippen LogP contribution in [0.25, 0.3) is 0 Å². The third-order valence-corrected chi connectivity index (χ3v) is 10.3. The van der Waals surface area contributed by atoms with Crippen LogP contribution in [0.1, 0.15) is 39.2 Å². The number of nitrogens with two attached hydrogens (primary N) is 1. The van der Waals surface area contributed by atoms with Crippen molar-refractivity contribution >= 4 is 27.9 Å². The molecule has 5 N–H and O–H groups in total. The van der Waals surface area contributed by atoms with E-state index in [-0.39, 0.29) is 49.2 Å². The number of nitrogens with one attached hydrogen (secondary N) is 1. The largest absolute Gasteiger partial charge is 0.465 e. The highest BCUT2D eigenvalue weighted by molar-refractivity contribution is 7.89. The van der Waals surface area contributed by atoms with Crippen molar-refractivity contribution in [1.29, 1.82) is 0 Å². The van der Waals surface area contributed by atoms with Gasteiger partial charge in [-0.25, -0.2) is 18.0 Å². The molecule has 46 heavy (non-hydrogen) atoms. The van der Waals surface area contributed by atoms with Gasteiger partial charge in [0.05, 0.1) is 42.9 Å². The van der Waals surface area contributed by atoms with Crippen molar-refractivity contribution in [3.8, 4) is 0 Å². The van der Waals surface area contributed by atoms with Crippen molar-refractivity contribution < 1.29 is 42.4 Å². The zero-order chi connectivity index (χ0) is 33.5. The van der Waals surface area contributed by atoms with Crippen LogP contribution < -0.4 is 11.1 Å². The second kappa shape index (κ2) is 15.4. The zero-order valence-corrected chi connectivity index (χ0v) is 27.4. The molecular weight excluding hydrogens is 616 g/mol. The monoisotopic (exact) mass is 662 g/mol. The van der Waals surface area contributed by atoms with E-state index in [9.17, 15) is 28.2 Å². The molecule has 5 atom stereocenters. The summed E-state index contributed by atoms with van der Waals surface area (Å²) >= 11 is 0. The normalized spacial score (nSPS) is 21.0. The number of ether oxygens (including phenoxy) is 3. The number of fused-ring (bicyclic) bond motifs is 1. The van der Waals surface area contributed by atoms with Gasteiger partial charge in [-0.2, -0.15) is 4.31 Å². The summed E-state index contributed by atoms with van der Waals surface area (Å²) in [7, 11) is -4.22. The highest BCUT2D eigenvalue weighted by Gasteiger charge is 2.49. The van der Waals surface area contributed by atoms with Crippen molar-refractivity contribution in [2.24, 2.45) is 11.3 Å². The van der Waals surface area contributed by atoms with E-state index in [4.69, 9.17) is 19.9 Å². The molecule has 2 aliphatic rings. The fourth-order valence-corrected chi connectivity index (χ4v) is 7.88. The van der Waals surface area contributed by atoms with E-state index < -0.39 is 58.6 Å². The van der Waals surface area contributed by atoms with Gasteiger partial charge in [-0.05, 0) is 55.4 Å². The molecule has 0 spiro atoms. The number of carboxylic acid groups (broad SMARTS) is 1. The fourth-order valence-electron chi connectivity index (χ4n) is 6.18. The highest BCUT2D eigenvalue weighted by Crippen LogP contribution is 2.36. The lowest BCUT2D eigenvalue weighted by Gasteiger charge is -2.40. The van der Waals surface area contributed by atoms with E-state index in [1.165, 1.54) is 27.4 Å². The first-order valence-electron chi connectivity index (χ1n) is 15.5. The van der Waals surface area contributed by atoms with E-state index in [0.717, 1.165) is 5.56 Å². The minimum Gasteiger partial charge on any atom is -0.465 e. The van der Waals surface area contributed by atoms with Crippen LogP contribution in [0.5, 0.6) is 0 Å². The van der Waals surface area contributed by atoms with Crippen LogP contribution in [0, 0.1) is 11.3 Å². The fraction of sp³-hybridized carbons (Fsp3) is 0.562. The van der Waals surface area contributed by atoms with Crippen molar-refractivity contribution in [3.63, 3.8) is 0 Å². The first-order valence-corrected chi connectivity index (χ1v) is 17.0. The molecule has 0 unspecified atom stereocenters. The molecule has 2 aromatic carbocycles. The Hall–Kier alpha value is -3.43. The predicted octanol–water partition coefficient (Wildman–Crippen LogP) is 3.14. The van der Waals surface area contributed by atoms with Crippen LogP contribution in [0.3, 0.4) is 0 Å². The zero-order valence-electron chi connectivity index (χ0n) is 26.6. The summed E-state index contributed by atoms with van der Waals surface area (Å²) in [6, 6.07) is 13.5. The molecule has 2 fully saturated rings. The van der Waals surface area contributed by atoms with E-state index in [1.54, 1.807) is 13.0 Å². The number of sulfonamides is 1. The summed E-state index contributed by atoms with van der Waals surface area (Å²) in [4.78, 5) is 26.0. The summed E-state index contributed by atoms with van der Waals surface area (Å²) in [5.74, 6) is -0.209. The van der Waals surface area contributed by atoms with E-state index in [1.807, 2.05) is 44.2 Å². The Labute approximate surface area is 270 Å². The molecular formula is C32H46N4O9S. The number of aliphatic hydroxyl groups is 1. The number of carbonyl (C=O) groups excluding carboxylic acids is 1. The van der Waals surface area contributed by atoms with Crippen LogP contribution >= 0.6 is 0 Å². The second-order valence-corrected chi connectivity index (χ2v) is 14.5. The molecule has 0 saturated carbocycles. The molecule has 254 valence electrons. The number of aliphatic hydroxyl groups excluding tert-OH is 1. The lowest BCUT2D eigenvalue weighted by molar-refractivity contribution is -0.0906. The van der Waals surface area contributed by atoms with Gasteiger partial charge in [0.1, 0.15) is 0 Å². The second-order valence-electron chi connectivity index (χ2n) is 12.5. The molecule has 2 amide bonds. The maximum atomic E-state index is 14.2. The Morgan fingerprint density at radius 3 is 2.57 bits per heavy atom. The SMILES string of the molecule is CCOC(=O)NCCC(C)(C)CN(C[C@@H](O)[C@H](Cc1ccccc1)N(C(=O)O)[C@H]1CO[C@H]2OCC[C@H]21)S(=O)(=O)c1cccc(N)c1. The number of hydrogen-bond acceptors (Lipinski definition) is 9. The standard InChI is InChI=1S/C32H46N4O9S/c1-4-43-30(38)34-15-14-32(2,3)21-35(46(41,42)24-12-8-11-23(33)18-24)19-28(37)26(17-22-9-6-5-7-10-22)36(31(39)40)27-20-45-29-25(27)13-16-44-29/h5-12,18,25-29,37H,4,13-17,19-21,33H2,1-3H3,(H,34,38)(H,39,40)/t25-,26-,27-,28+,29+/m0/s1. The van der Waals surface area contributed by atoms with Crippen LogP contribution in [0.15, 0.2) is 59.5 Å². The van der Waals surface area contributed by atoms with Crippen molar-refractivity contribution in [2.75, 3.05) is 45.2 Å². The highest BCUT2D eigenvalue weighted by atomic mass is 32.2. The van der Waals surface area contributed by atoms with Gasteiger partial charge in [0.25, 0.3) is 0 Å². The Kier molecular flexibility index (Phi) is 11.9. The Balaban J connectivity index is 1.66. The molecule has 2 aromatic rings. The summed E-state index contributed by atoms with van der Waals surface area (Å²) in [6.45, 7) is 5.97. The van der Waals surface area contributed by atoms with Crippen LogP contribution in [0.4, 0.5) is 15.3 Å². The molecule has 2 heterocycles. The van der Waals surface area contributed by atoms with Gasteiger partial charge < -0.3 is 35.5 Å². The van der Waals surface area contributed by atoms with Crippen LogP contribution in [0.2, 0.25) is 0 Å². The average Bonchev–Trinajstić information content (AvgIpc) is 3.62. The lowest BCUT2D eigenvalue weighted by atomic mass is 9.89. The van der Waals surface area contributed by atoms with Crippen LogP contribution in [-0.2, 0) is 30.7 Å². The smallest absolute Gasteiger partial charge is 0.407 e. The van der Waals surface area contributed by atoms with Gasteiger partial charge in [0, 0.05) is 31.2 Å². The van der Waals surface area contributed by atoms with Crippen molar-refractivity contribution in [2.45, 2.75) is 69.4 Å². The summed E-state index contributed by atoms with van der Waals surface area (Å²) in [5, 5.41) is 25.2. The van der Waals surface area contributed by atoms with Crippen molar-refractivity contribution in [1.82, 2.24) is 14.5 Å². The number of rotatable bonds is 15. The molecule has 13 nitrogen and oxygen atoms in total. The van der Waals surface area contributed by atoms with E-state index in [2.05, 4.69) is 5.32 Å².